The van der Waals surface area contributed by atoms with Gasteiger partial charge in [-0.05, 0) is 63.1 Å². The zero-order valence-corrected chi connectivity index (χ0v) is 19.1. The molecule has 3 N–H and O–H groups in total. The molecule has 0 fully saturated rings. The number of hydrogen-bond acceptors (Lipinski definition) is 5. The summed E-state index contributed by atoms with van der Waals surface area (Å²) in [6, 6.07) is 13.3. The van der Waals surface area contributed by atoms with E-state index in [0.29, 0.717) is 31.4 Å². The number of nitrogens with zero attached hydrogens (tertiary/aromatic N) is 1. The average Bonchev–Trinajstić information content (AvgIpc) is 2.76. The molecule has 2 rings (SSSR count). The minimum Gasteiger partial charge on any atom is -0.493 e. The lowest BCUT2D eigenvalue weighted by molar-refractivity contribution is 0.180. The summed E-state index contributed by atoms with van der Waals surface area (Å²) in [5.74, 6) is 2.83. The molecule has 2 aromatic carbocycles. The van der Waals surface area contributed by atoms with Gasteiger partial charge in [0.25, 0.3) is 0 Å². The third kappa shape index (κ3) is 8.02. The van der Waals surface area contributed by atoms with Crippen LogP contribution in [0, 0.1) is 0 Å². The van der Waals surface area contributed by atoms with E-state index in [1.807, 2.05) is 70.2 Å². The number of hydrogen-bond donors (Lipinski definition) is 3. The molecule has 0 aliphatic carbocycles. The van der Waals surface area contributed by atoms with E-state index in [4.69, 9.17) is 14.2 Å². The summed E-state index contributed by atoms with van der Waals surface area (Å²) in [4.78, 5) is 4.61. The molecular formula is C24H35N3O4. The lowest BCUT2D eigenvalue weighted by Crippen LogP contribution is -2.39. The number of ether oxygens (including phenoxy) is 3. The van der Waals surface area contributed by atoms with Crippen molar-refractivity contribution in [3.05, 3.63) is 53.6 Å². The normalized spacial score (nSPS) is 12.4. The number of aliphatic hydroxyl groups is 1. The molecule has 170 valence electrons. The van der Waals surface area contributed by atoms with Crippen LogP contribution in [-0.2, 0) is 6.54 Å². The maximum absolute atomic E-state index is 10.5. The highest BCUT2D eigenvalue weighted by molar-refractivity contribution is 5.79. The van der Waals surface area contributed by atoms with Crippen molar-refractivity contribution in [1.82, 2.24) is 10.6 Å². The minimum absolute atomic E-state index is 0.117. The van der Waals surface area contributed by atoms with E-state index in [1.165, 1.54) is 0 Å². The maximum atomic E-state index is 10.5. The average molecular weight is 430 g/mol. The Kier molecular flexibility index (Phi) is 9.97. The smallest absolute Gasteiger partial charge is 0.191 e. The van der Waals surface area contributed by atoms with Crippen LogP contribution < -0.4 is 24.8 Å². The molecule has 0 saturated carbocycles. The third-order valence-corrected chi connectivity index (χ3v) is 4.39. The van der Waals surface area contributed by atoms with Crippen LogP contribution in [0.4, 0.5) is 0 Å². The van der Waals surface area contributed by atoms with E-state index in [1.54, 1.807) is 7.11 Å². The van der Waals surface area contributed by atoms with E-state index >= 15 is 0 Å². The van der Waals surface area contributed by atoms with E-state index < -0.39 is 6.10 Å². The molecule has 0 amide bonds. The molecule has 1 unspecified atom stereocenters. The molecule has 31 heavy (non-hydrogen) atoms. The van der Waals surface area contributed by atoms with Crippen molar-refractivity contribution in [2.24, 2.45) is 4.99 Å². The van der Waals surface area contributed by atoms with Gasteiger partial charge < -0.3 is 30.0 Å². The molecule has 1 atom stereocenters. The molecule has 2 aromatic rings. The number of aliphatic hydroxyl groups excluding tert-OH is 1. The highest BCUT2D eigenvalue weighted by atomic mass is 16.5. The second-order valence-corrected chi connectivity index (χ2v) is 7.25. The predicted molar refractivity (Wildman–Crippen MR) is 124 cm³/mol. The first-order valence-electron chi connectivity index (χ1n) is 10.7. The second-order valence-electron chi connectivity index (χ2n) is 7.25. The fourth-order valence-electron chi connectivity index (χ4n) is 2.95. The molecule has 0 bridgehead atoms. The fraction of sp³-hybridized carbons (Fsp3) is 0.458. The Labute approximate surface area is 185 Å². The van der Waals surface area contributed by atoms with Gasteiger partial charge in [-0.25, -0.2) is 4.99 Å². The standard InChI is InChI=1S/C24H35N3O4/c1-6-25-24(26-15-18-8-13-22(30-7-2)23(14-18)29-5)27-16-21(28)19-9-11-20(12-10-19)31-17(3)4/h8-14,17,21,28H,6-7,15-16H2,1-5H3,(H2,25,26,27). The van der Waals surface area contributed by atoms with E-state index in [-0.39, 0.29) is 6.10 Å². The summed E-state index contributed by atoms with van der Waals surface area (Å²) in [7, 11) is 1.62. The van der Waals surface area contributed by atoms with Crippen LogP contribution in [0.3, 0.4) is 0 Å². The summed E-state index contributed by atoms with van der Waals surface area (Å²) in [5.41, 5.74) is 1.81. The van der Waals surface area contributed by atoms with Crippen LogP contribution in [0.5, 0.6) is 17.2 Å². The molecule has 0 spiro atoms. The van der Waals surface area contributed by atoms with Crippen LogP contribution in [0.1, 0.15) is 44.9 Å². The minimum atomic E-state index is -0.664. The van der Waals surface area contributed by atoms with Gasteiger partial charge in [-0.1, -0.05) is 18.2 Å². The van der Waals surface area contributed by atoms with Crippen LogP contribution in [0.25, 0.3) is 0 Å². The third-order valence-electron chi connectivity index (χ3n) is 4.39. The number of methoxy groups -OCH3 is 1. The number of aliphatic imine (C=N–C) groups is 1. The van der Waals surface area contributed by atoms with Gasteiger partial charge in [0.2, 0.25) is 0 Å². The van der Waals surface area contributed by atoms with Gasteiger partial charge in [0.15, 0.2) is 17.5 Å². The van der Waals surface area contributed by atoms with Crippen LogP contribution >= 0.6 is 0 Å². The zero-order valence-electron chi connectivity index (χ0n) is 19.1. The van der Waals surface area contributed by atoms with Gasteiger partial charge >= 0.3 is 0 Å². The largest absolute Gasteiger partial charge is 0.493 e. The number of nitrogens with one attached hydrogen (secondary N) is 2. The first kappa shape index (κ1) is 24.3. The van der Waals surface area contributed by atoms with Gasteiger partial charge in [-0.15, -0.1) is 0 Å². The Morgan fingerprint density at radius 3 is 2.39 bits per heavy atom. The highest BCUT2D eigenvalue weighted by Gasteiger charge is 2.10. The molecular weight excluding hydrogens is 394 g/mol. The molecule has 7 nitrogen and oxygen atoms in total. The predicted octanol–water partition coefficient (Wildman–Crippen LogP) is 3.67. The summed E-state index contributed by atoms with van der Waals surface area (Å²) in [6.07, 6.45) is -0.547. The summed E-state index contributed by atoms with van der Waals surface area (Å²) < 4.78 is 16.6. The molecule has 7 heteroatoms. The Balaban J connectivity index is 1.98. The van der Waals surface area contributed by atoms with Crippen molar-refractivity contribution in [3.63, 3.8) is 0 Å². The molecule has 0 aliphatic rings. The molecule has 0 aliphatic heterocycles. The Morgan fingerprint density at radius 1 is 1.03 bits per heavy atom. The Morgan fingerprint density at radius 2 is 1.77 bits per heavy atom. The number of rotatable bonds is 11. The Bertz CT molecular complexity index is 822. The first-order chi connectivity index (χ1) is 15.0. The van der Waals surface area contributed by atoms with Crippen molar-refractivity contribution in [1.29, 1.82) is 0 Å². The fourth-order valence-corrected chi connectivity index (χ4v) is 2.95. The molecule has 0 radical (unpaired) electrons. The quantitative estimate of drug-likeness (QED) is 0.373. The van der Waals surface area contributed by atoms with Crippen molar-refractivity contribution in [3.8, 4) is 17.2 Å². The van der Waals surface area contributed by atoms with E-state index in [0.717, 1.165) is 29.2 Å². The van der Waals surface area contributed by atoms with Crippen molar-refractivity contribution in [2.45, 2.75) is 46.4 Å². The molecule has 0 saturated heterocycles. The van der Waals surface area contributed by atoms with Crippen LogP contribution in [-0.4, -0.2) is 44.0 Å². The van der Waals surface area contributed by atoms with E-state index in [9.17, 15) is 5.11 Å². The van der Waals surface area contributed by atoms with Gasteiger partial charge in [-0.2, -0.15) is 0 Å². The summed E-state index contributed by atoms with van der Waals surface area (Å²) in [5, 5.41) is 16.9. The maximum Gasteiger partial charge on any atom is 0.191 e. The summed E-state index contributed by atoms with van der Waals surface area (Å²) in [6.45, 7) is 10.0. The topological polar surface area (TPSA) is 84.3 Å². The van der Waals surface area contributed by atoms with Gasteiger partial charge in [-0.3, -0.25) is 0 Å². The Hall–Kier alpha value is -2.93. The first-order valence-corrected chi connectivity index (χ1v) is 10.7. The van der Waals surface area contributed by atoms with Gasteiger partial charge in [0.05, 0.1) is 32.5 Å². The van der Waals surface area contributed by atoms with Crippen LogP contribution in [0.2, 0.25) is 0 Å². The SMILES string of the molecule is CCNC(=NCc1ccc(OCC)c(OC)c1)NCC(O)c1ccc(OC(C)C)cc1. The highest BCUT2D eigenvalue weighted by Crippen LogP contribution is 2.28. The summed E-state index contributed by atoms with van der Waals surface area (Å²) >= 11 is 0. The van der Waals surface area contributed by atoms with E-state index in [2.05, 4.69) is 15.6 Å². The number of guanidine groups is 1. The zero-order chi connectivity index (χ0) is 22.6. The van der Waals surface area contributed by atoms with Crippen molar-refractivity contribution < 1.29 is 19.3 Å². The monoisotopic (exact) mass is 429 g/mol. The van der Waals surface area contributed by atoms with Gasteiger partial charge in [0.1, 0.15) is 5.75 Å². The lowest BCUT2D eigenvalue weighted by atomic mass is 10.1. The number of benzene rings is 2. The van der Waals surface area contributed by atoms with Crippen molar-refractivity contribution in [2.75, 3.05) is 26.8 Å². The molecule has 0 aromatic heterocycles. The van der Waals surface area contributed by atoms with Gasteiger partial charge in [0, 0.05) is 13.1 Å². The lowest BCUT2D eigenvalue weighted by Gasteiger charge is -2.16. The van der Waals surface area contributed by atoms with Crippen molar-refractivity contribution >= 4 is 5.96 Å². The molecule has 0 heterocycles. The second kappa shape index (κ2) is 12.7. The van der Waals surface area contributed by atoms with Crippen LogP contribution in [0.15, 0.2) is 47.5 Å².